The molecule has 0 unspecified atom stereocenters. The summed E-state index contributed by atoms with van der Waals surface area (Å²) in [7, 11) is 0. The number of carbonyl (C=O) groups excluding carboxylic acids is 1. The molecule has 0 aliphatic heterocycles. The molecule has 0 aliphatic rings. The number of alkyl halides is 3. The van der Waals surface area contributed by atoms with Crippen molar-refractivity contribution in [2.45, 2.75) is 38.7 Å². The first-order chi connectivity index (χ1) is 9.26. The van der Waals surface area contributed by atoms with E-state index >= 15 is 0 Å². The van der Waals surface area contributed by atoms with Crippen LogP contribution in [0.25, 0.3) is 0 Å². The number of hydrogen-bond acceptors (Lipinski definition) is 5. The number of halogens is 3. The maximum absolute atomic E-state index is 12.1. The van der Waals surface area contributed by atoms with Crippen molar-refractivity contribution in [3.63, 3.8) is 0 Å². The smallest absolute Gasteiger partial charge is 0.441 e. The van der Waals surface area contributed by atoms with Crippen molar-refractivity contribution in [2.75, 3.05) is 12.4 Å². The van der Waals surface area contributed by atoms with Crippen LogP contribution in [0.2, 0.25) is 0 Å². The quantitative estimate of drug-likeness (QED) is 0.756. The Labute approximate surface area is 118 Å². The third-order valence-electron chi connectivity index (χ3n) is 2.36. The number of carbonyl (C=O) groups is 1. The molecule has 0 aromatic carbocycles. The van der Waals surface area contributed by atoms with Crippen molar-refractivity contribution in [3.05, 3.63) is 11.4 Å². The molecule has 0 spiro atoms. The van der Waals surface area contributed by atoms with E-state index in [0.29, 0.717) is 5.69 Å². The lowest BCUT2D eigenvalue weighted by Gasteiger charge is -2.11. The maximum atomic E-state index is 12.1. The molecule has 0 atom stereocenters. The van der Waals surface area contributed by atoms with Gasteiger partial charge >= 0.3 is 11.5 Å². The van der Waals surface area contributed by atoms with E-state index in [-0.39, 0.29) is 42.3 Å². The van der Waals surface area contributed by atoms with Crippen molar-refractivity contribution in [3.8, 4) is 0 Å². The predicted molar refractivity (Wildman–Crippen MR) is 68.6 cm³/mol. The van der Waals surface area contributed by atoms with Gasteiger partial charge in [-0.15, -0.1) is 5.10 Å². The fraction of sp³-hybridized carbons (Fsp3) is 0.727. The van der Waals surface area contributed by atoms with E-state index < -0.39 is 11.5 Å². The summed E-state index contributed by atoms with van der Waals surface area (Å²) in [6, 6.07) is 0. The highest BCUT2D eigenvalue weighted by atomic mass is 32.2. The lowest BCUT2D eigenvalue weighted by Crippen LogP contribution is -2.14. The van der Waals surface area contributed by atoms with Crippen LogP contribution < -0.4 is 0 Å². The molecule has 5 nitrogen and oxygen atoms in total. The maximum Gasteiger partial charge on any atom is 0.441 e. The predicted octanol–water partition coefficient (Wildman–Crippen LogP) is 2.83. The summed E-state index contributed by atoms with van der Waals surface area (Å²) in [5.74, 6) is -0.888. The molecule has 0 radical (unpaired) electrons. The van der Waals surface area contributed by atoms with E-state index in [1.165, 1.54) is 4.68 Å². The van der Waals surface area contributed by atoms with Crippen LogP contribution in [0.4, 0.5) is 13.2 Å². The van der Waals surface area contributed by atoms with Gasteiger partial charge < -0.3 is 4.74 Å². The summed E-state index contributed by atoms with van der Waals surface area (Å²) in [6.45, 7) is 5.53. The van der Waals surface area contributed by atoms with E-state index in [9.17, 15) is 18.0 Å². The van der Waals surface area contributed by atoms with Gasteiger partial charge in [0.2, 0.25) is 0 Å². The lowest BCUT2D eigenvalue weighted by atomic mass is 10.1. The summed E-state index contributed by atoms with van der Waals surface area (Å²) in [5.41, 5.74) is -3.71. The number of rotatable bonds is 6. The minimum Gasteiger partial charge on any atom is -0.461 e. The number of ether oxygens (including phenoxy) is 1. The summed E-state index contributed by atoms with van der Waals surface area (Å²) in [6.07, 6.45) is 0. The molecule has 0 amide bonds. The summed E-state index contributed by atoms with van der Waals surface area (Å²) in [5, 5.41) is 7.46. The molecule has 0 N–H and O–H groups in total. The Kier molecular flexibility index (Phi) is 5.85. The number of thioether (sulfide) groups is 1. The van der Waals surface area contributed by atoms with Gasteiger partial charge in [0, 0.05) is 5.75 Å². The average Bonchev–Trinajstić information content (AvgIpc) is 2.71. The van der Waals surface area contributed by atoms with Gasteiger partial charge in [0.25, 0.3) is 0 Å². The molecule has 1 aromatic heterocycles. The molecule has 1 heterocycles. The zero-order chi connectivity index (χ0) is 15.3. The first kappa shape index (κ1) is 16.8. The van der Waals surface area contributed by atoms with Crippen LogP contribution in [0, 0.1) is 0 Å². The Bertz CT molecular complexity index is 460. The Morgan fingerprint density at radius 3 is 2.60 bits per heavy atom. The monoisotopic (exact) mass is 311 g/mol. The Morgan fingerprint density at radius 2 is 2.10 bits per heavy atom. The average molecular weight is 311 g/mol. The van der Waals surface area contributed by atoms with Crippen LogP contribution in [0.5, 0.6) is 0 Å². The van der Waals surface area contributed by atoms with Crippen molar-refractivity contribution in [1.82, 2.24) is 15.0 Å². The van der Waals surface area contributed by atoms with Gasteiger partial charge in [-0.3, -0.25) is 0 Å². The molecule has 0 bridgehead atoms. The molecule has 20 heavy (non-hydrogen) atoms. The Hall–Kier alpha value is -1.25. The highest BCUT2D eigenvalue weighted by Crippen LogP contribution is 2.30. The molecule has 1 aromatic rings. The van der Waals surface area contributed by atoms with Gasteiger partial charge in [-0.25, -0.2) is 9.48 Å². The van der Waals surface area contributed by atoms with Crippen molar-refractivity contribution in [2.24, 2.45) is 0 Å². The third-order valence-corrected chi connectivity index (χ3v) is 3.07. The molecular formula is C11H16F3N3O2S. The number of aromatic nitrogens is 3. The Balaban J connectivity index is 2.84. The molecule has 0 fully saturated rings. The highest BCUT2D eigenvalue weighted by Gasteiger charge is 2.28. The van der Waals surface area contributed by atoms with Crippen LogP contribution >= 0.6 is 11.8 Å². The van der Waals surface area contributed by atoms with E-state index in [1.807, 2.05) is 13.8 Å². The standard InChI is InChI=1S/C11H16F3N3O2S/c1-4-19-10(18)8-9(7(2)3)17(16-15-8)5-6-20-11(12,13)14/h7H,4-6H2,1-3H3. The number of esters is 1. The SMILES string of the molecule is CCOC(=O)c1nnn(CCSC(F)(F)F)c1C(C)C. The second-order valence-electron chi connectivity index (χ2n) is 4.22. The normalized spacial score (nSPS) is 11.9. The van der Waals surface area contributed by atoms with Crippen LogP contribution in [0.1, 0.15) is 42.9 Å². The first-order valence-corrected chi connectivity index (χ1v) is 7.06. The highest BCUT2D eigenvalue weighted by molar-refractivity contribution is 8.00. The van der Waals surface area contributed by atoms with Crippen molar-refractivity contribution >= 4 is 17.7 Å². The molecule has 0 aliphatic carbocycles. The van der Waals surface area contributed by atoms with Gasteiger partial charge in [0.1, 0.15) is 0 Å². The van der Waals surface area contributed by atoms with Gasteiger partial charge in [0.05, 0.1) is 18.8 Å². The molecular weight excluding hydrogens is 295 g/mol. The van der Waals surface area contributed by atoms with E-state index in [0.717, 1.165) is 0 Å². The summed E-state index contributed by atoms with van der Waals surface area (Å²) < 4.78 is 42.5. The number of aryl methyl sites for hydroxylation is 1. The lowest BCUT2D eigenvalue weighted by molar-refractivity contribution is -0.0328. The zero-order valence-electron chi connectivity index (χ0n) is 11.4. The number of nitrogens with zero attached hydrogens (tertiary/aromatic N) is 3. The molecule has 1 rings (SSSR count). The molecule has 0 saturated heterocycles. The molecule has 0 saturated carbocycles. The minimum atomic E-state index is -4.28. The van der Waals surface area contributed by atoms with E-state index in [1.54, 1.807) is 6.92 Å². The van der Waals surface area contributed by atoms with Crippen LogP contribution in [-0.4, -0.2) is 38.8 Å². The molecule has 114 valence electrons. The molecule has 9 heteroatoms. The number of hydrogen-bond donors (Lipinski definition) is 0. The fourth-order valence-electron chi connectivity index (χ4n) is 1.65. The second kappa shape index (κ2) is 6.96. The van der Waals surface area contributed by atoms with Crippen LogP contribution in [0.15, 0.2) is 0 Å². The topological polar surface area (TPSA) is 57.0 Å². The fourth-order valence-corrected chi connectivity index (χ4v) is 2.15. The van der Waals surface area contributed by atoms with E-state index in [2.05, 4.69) is 10.3 Å². The second-order valence-corrected chi connectivity index (χ2v) is 5.38. The largest absolute Gasteiger partial charge is 0.461 e. The van der Waals surface area contributed by atoms with E-state index in [4.69, 9.17) is 4.74 Å². The van der Waals surface area contributed by atoms with Gasteiger partial charge in [-0.05, 0) is 24.6 Å². The zero-order valence-corrected chi connectivity index (χ0v) is 12.2. The summed E-state index contributed by atoms with van der Waals surface area (Å²) >= 11 is -0.128. The van der Waals surface area contributed by atoms with Gasteiger partial charge in [0.15, 0.2) is 5.69 Å². The van der Waals surface area contributed by atoms with Crippen LogP contribution in [-0.2, 0) is 11.3 Å². The van der Waals surface area contributed by atoms with Crippen molar-refractivity contribution < 1.29 is 22.7 Å². The van der Waals surface area contributed by atoms with Gasteiger partial charge in [-0.2, -0.15) is 13.2 Å². The third kappa shape index (κ3) is 4.69. The summed E-state index contributed by atoms with van der Waals surface area (Å²) in [4.78, 5) is 11.7. The Morgan fingerprint density at radius 1 is 1.45 bits per heavy atom. The minimum absolute atomic E-state index is 0.0318. The van der Waals surface area contributed by atoms with Gasteiger partial charge in [-0.1, -0.05) is 19.1 Å². The first-order valence-electron chi connectivity index (χ1n) is 6.07. The van der Waals surface area contributed by atoms with Crippen LogP contribution in [0.3, 0.4) is 0 Å². The van der Waals surface area contributed by atoms with Crippen molar-refractivity contribution in [1.29, 1.82) is 0 Å².